The van der Waals surface area contributed by atoms with Crippen LogP contribution in [0.5, 0.6) is 5.75 Å². The van der Waals surface area contributed by atoms with E-state index in [0.717, 1.165) is 44.4 Å². The average Bonchev–Trinajstić information content (AvgIpc) is 2.39. The molecule has 1 aromatic rings. The predicted molar refractivity (Wildman–Crippen MR) is 67.9 cm³/mol. The van der Waals surface area contributed by atoms with E-state index in [2.05, 4.69) is 10.2 Å². The van der Waals surface area contributed by atoms with Crippen molar-refractivity contribution >= 4 is 5.69 Å². The van der Waals surface area contributed by atoms with E-state index in [1.165, 1.54) is 0 Å². The molecular formula is C12H16FN3O3. The summed E-state index contributed by atoms with van der Waals surface area (Å²) in [6, 6.07) is 3.23. The van der Waals surface area contributed by atoms with Crippen molar-refractivity contribution in [2.75, 3.05) is 39.3 Å². The molecule has 19 heavy (non-hydrogen) atoms. The van der Waals surface area contributed by atoms with Crippen LogP contribution in [0, 0.1) is 15.9 Å². The van der Waals surface area contributed by atoms with E-state index in [9.17, 15) is 14.5 Å². The Labute approximate surface area is 110 Å². The maximum atomic E-state index is 13.1. The Hall–Kier alpha value is -1.73. The standard InChI is InChI=1S/C12H16FN3O3/c13-10-1-2-11(16(17)18)12(9-10)19-8-7-15-5-3-14-4-6-15/h1-2,9,14H,3-8H2. The van der Waals surface area contributed by atoms with Gasteiger partial charge in [0.25, 0.3) is 0 Å². The summed E-state index contributed by atoms with van der Waals surface area (Å²) in [5, 5.41) is 14.0. The zero-order valence-electron chi connectivity index (χ0n) is 10.5. The van der Waals surface area contributed by atoms with Gasteiger partial charge in [-0.1, -0.05) is 0 Å². The van der Waals surface area contributed by atoms with Crippen molar-refractivity contribution in [3.8, 4) is 5.75 Å². The number of hydrogen-bond acceptors (Lipinski definition) is 5. The third-order valence-corrected chi connectivity index (χ3v) is 2.99. The van der Waals surface area contributed by atoms with E-state index in [0.29, 0.717) is 13.2 Å². The Morgan fingerprint density at radius 1 is 1.42 bits per heavy atom. The molecule has 1 fully saturated rings. The number of halogens is 1. The quantitative estimate of drug-likeness (QED) is 0.638. The summed E-state index contributed by atoms with van der Waals surface area (Å²) in [5.41, 5.74) is -0.207. The third-order valence-electron chi connectivity index (χ3n) is 2.99. The minimum atomic E-state index is -0.570. The second-order valence-electron chi connectivity index (χ2n) is 4.31. The molecule has 0 aromatic heterocycles. The zero-order valence-corrected chi connectivity index (χ0v) is 10.5. The summed E-state index contributed by atoms with van der Waals surface area (Å²) in [6.45, 7) is 4.70. The van der Waals surface area contributed by atoms with Gasteiger partial charge in [-0.05, 0) is 6.07 Å². The van der Waals surface area contributed by atoms with Crippen molar-refractivity contribution in [2.24, 2.45) is 0 Å². The molecule has 0 atom stereocenters. The molecule has 0 aliphatic carbocycles. The van der Waals surface area contributed by atoms with Gasteiger partial charge >= 0.3 is 5.69 Å². The first-order valence-electron chi connectivity index (χ1n) is 6.16. The van der Waals surface area contributed by atoms with E-state index in [1.807, 2.05) is 0 Å². The van der Waals surface area contributed by atoms with Gasteiger partial charge in [-0.3, -0.25) is 15.0 Å². The Balaban J connectivity index is 1.91. The van der Waals surface area contributed by atoms with Crippen LogP contribution in [0.4, 0.5) is 10.1 Å². The van der Waals surface area contributed by atoms with E-state index in [4.69, 9.17) is 4.74 Å². The summed E-state index contributed by atoms with van der Waals surface area (Å²) < 4.78 is 18.4. The lowest BCUT2D eigenvalue weighted by Gasteiger charge is -2.26. The Morgan fingerprint density at radius 2 is 2.16 bits per heavy atom. The van der Waals surface area contributed by atoms with Gasteiger partial charge in [0.15, 0.2) is 5.75 Å². The molecule has 1 aliphatic rings. The van der Waals surface area contributed by atoms with Crippen LogP contribution in [-0.4, -0.2) is 49.2 Å². The summed E-state index contributed by atoms with van der Waals surface area (Å²) in [7, 11) is 0. The number of ether oxygens (including phenoxy) is 1. The SMILES string of the molecule is O=[N+]([O-])c1ccc(F)cc1OCCN1CCNCC1. The second-order valence-corrected chi connectivity index (χ2v) is 4.31. The fourth-order valence-electron chi connectivity index (χ4n) is 1.97. The lowest BCUT2D eigenvalue weighted by Crippen LogP contribution is -2.44. The number of rotatable bonds is 5. The van der Waals surface area contributed by atoms with Crippen molar-refractivity contribution in [3.63, 3.8) is 0 Å². The first-order valence-corrected chi connectivity index (χ1v) is 6.16. The number of hydrogen-bond donors (Lipinski definition) is 1. The lowest BCUT2D eigenvalue weighted by atomic mass is 10.3. The molecule has 6 nitrogen and oxygen atoms in total. The molecule has 0 radical (unpaired) electrons. The Morgan fingerprint density at radius 3 is 2.84 bits per heavy atom. The van der Waals surface area contributed by atoms with Crippen LogP contribution in [0.1, 0.15) is 0 Å². The molecule has 7 heteroatoms. The topological polar surface area (TPSA) is 67.6 Å². The maximum Gasteiger partial charge on any atom is 0.311 e. The molecule has 104 valence electrons. The van der Waals surface area contributed by atoms with Crippen molar-refractivity contribution in [1.82, 2.24) is 10.2 Å². The molecule has 2 rings (SSSR count). The Bertz CT molecular complexity index is 450. The number of nitrogens with one attached hydrogen (secondary N) is 1. The summed E-state index contributed by atoms with van der Waals surface area (Å²) >= 11 is 0. The van der Waals surface area contributed by atoms with Crippen LogP contribution in [-0.2, 0) is 0 Å². The van der Waals surface area contributed by atoms with E-state index in [-0.39, 0.29) is 11.4 Å². The monoisotopic (exact) mass is 269 g/mol. The van der Waals surface area contributed by atoms with Crippen molar-refractivity contribution in [2.45, 2.75) is 0 Å². The largest absolute Gasteiger partial charge is 0.485 e. The number of nitro groups is 1. The summed E-state index contributed by atoms with van der Waals surface area (Å²) in [4.78, 5) is 12.4. The first-order chi connectivity index (χ1) is 9.16. The van der Waals surface area contributed by atoms with Crippen molar-refractivity contribution in [1.29, 1.82) is 0 Å². The number of nitrogens with zero attached hydrogens (tertiary/aromatic N) is 2. The van der Waals surface area contributed by atoms with Crippen LogP contribution in [0.2, 0.25) is 0 Å². The van der Waals surface area contributed by atoms with Crippen molar-refractivity contribution in [3.05, 3.63) is 34.1 Å². The summed E-state index contributed by atoms with van der Waals surface area (Å²) in [5.74, 6) is -0.553. The molecule has 0 spiro atoms. The molecule has 1 saturated heterocycles. The maximum absolute atomic E-state index is 13.1. The molecule has 1 heterocycles. The van der Waals surface area contributed by atoms with Crippen LogP contribution in [0.15, 0.2) is 18.2 Å². The predicted octanol–water partition coefficient (Wildman–Crippen LogP) is 1.02. The second kappa shape index (κ2) is 6.44. The van der Waals surface area contributed by atoms with Gasteiger partial charge in [-0.15, -0.1) is 0 Å². The molecule has 0 unspecified atom stereocenters. The van der Waals surface area contributed by atoms with Gasteiger partial charge in [0.1, 0.15) is 12.4 Å². The van der Waals surface area contributed by atoms with Gasteiger partial charge < -0.3 is 10.1 Å². The lowest BCUT2D eigenvalue weighted by molar-refractivity contribution is -0.385. The molecule has 1 aromatic carbocycles. The fourth-order valence-corrected chi connectivity index (χ4v) is 1.97. The smallest absolute Gasteiger partial charge is 0.311 e. The molecule has 0 saturated carbocycles. The molecule has 0 bridgehead atoms. The summed E-state index contributed by atoms with van der Waals surface area (Å²) in [6.07, 6.45) is 0. The number of nitro benzene ring substituents is 1. The third kappa shape index (κ3) is 3.87. The first kappa shape index (κ1) is 13.7. The zero-order chi connectivity index (χ0) is 13.7. The van der Waals surface area contributed by atoms with E-state index >= 15 is 0 Å². The Kier molecular flexibility index (Phi) is 4.64. The molecular weight excluding hydrogens is 253 g/mol. The molecule has 0 amide bonds. The van der Waals surface area contributed by atoms with Gasteiger partial charge in [-0.2, -0.15) is 0 Å². The molecule has 1 N–H and O–H groups in total. The van der Waals surface area contributed by atoms with Crippen molar-refractivity contribution < 1.29 is 14.1 Å². The van der Waals surface area contributed by atoms with Gasteiger partial charge in [-0.25, -0.2) is 4.39 Å². The van der Waals surface area contributed by atoms with Crippen LogP contribution in [0.25, 0.3) is 0 Å². The highest BCUT2D eigenvalue weighted by molar-refractivity contribution is 5.46. The number of benzene rings is 1. The minimum absolute atomic E-state index is 0.0138. The van der Waals surface area contributed by atoms with Gasteiger partial charge in [0.05, 0.1) is 4.92 Å². The van der Waals surface area contributed by atoms with Gasteiger partial charge in [0, 0.05) is 44.9 Å². The van der Waals surface area contributed by atoms with Crippen LogP contribution < -0.4 is 10.1 Å². The van der Waals surface area contributed by atoms with Crippen LogP contribution >= 0.6 is 0 Å². The minimum Gasteiger partial charge on any atom is -0.485 e. The highest BCUT2D eigenvalue weighted by Gasteiger charge is 2.16. The normalized spacial score (nSPS) is 16.3. The number of piperazine rings is 1. The van der Waals surface area contributed by atoms with Gasteiger partial charge in [0.2, 0.25) is 0 Å². The van der Waals surface area contributed by atoms with Crippen LogP contribution in [0.3, 0.4) is 0 Å². The average molecular weight is 269 g/mol. The van der Waals surface area contributed by atoms with E-state index < -0.39 is 10.7 Å². The highest BCUT2D eigenvalue weighted by atomic mass is 19.1. The fraction of sp³-hybridized carbons (Fsp3) is 0.500. The van der Waals surface area contributed by atoms with E-state index in [1.54, 1.807) is 0 Å². The highest BCUT2D eigenvalue weighted by Crippen LogP contribution is 2.27. The molecule has 1 aliphatic heterocycles.